The van der Waals surface area contributed by atoms with Crippen molar-refractivity contribution in [1.29, 1.82) is 0 Å². The normalized spacial score (nSPS) is 18.4. The zero-order chi connectivity index (χ0) is 13.1. The minimum Gasteiger partial charge on any atom is -0.319 e. The first-order valence-corrected chi connectivity index (χ1v) is 7.04. The SMILES string of the molecule is CNCC1CCN(Cc2c(Cl)c(C)nn2C)CC1. The maximum atomic E-state index is 6.29. The van der Waals surface area contributed by atoms with Crippen LogP contribution in [-0.4, -0.2) is 41.4 Å². The van der Waals surface area contributed by atoms with Gasteiger partial charge in [0.1, 0.15) is 0 Å². The molecule has 2 rings (SSSR count). The number of aryl methyl sites for hydroxylation is 2. The molecule has 1 aliphatic rings. The first-order valence-electron chi connectivity index (χ1n) is 6.66. The number of likely N-dealkylation sites (tertiary alicyclic amines) is 1. The average Bonchev–Trinajstić information content (AvgIpc) is 2.59. The zero-order valence-electron chi connectivity index (χ0n) is 11.5. The van der Waals surface area contributed by atoms with Crippen molar-refractivity contribution in [3.63, 3.8) is 0 Å². The van der Waals surface area contributed by atoms with Crippen LogP contribution >= 0.6 is 11.6 Å². The third kappa shape index (κ3) is 3.05. The number of halogens is 1. The minimum absolute atomic E-state index is 0.829. The molecule has 4 nitrogen and oxygen atoms in total. The van der Waals surface area contributed by atoms with Gasteiger partial charge in [0.05, 0.1) is 16.4 Å². The molecule has 2 heterocycles. The van der Waals surface area contributed by atoms with E-state index in [1.54, 1.807) is 0 Å². The van der Waals surface area contributed by atoms with E-state index in [4.69, 9.17) is 11.6 Å². The highest BCUT2D eigenvalue weighted by atomic mass is 35.5. The molecule has 1 aromatic heterocycles. The van der Waals surface area contributed by atoms with Crippen LogP contribution in [0.5, 0.6) is 0 Å². The van der Waals surface area contributed by atoms with Crippen LogP contribution in [0.15, 0.2) is 0 Å². The molecule has 1 aliphatic heterocycles. The lowest BCUT2D eigenvalue weighted by Crippen LogP contribution is -2.36. The summed E-state index contributed by atoms with van der Waals surface area (Å²) >= 11 is 6.29. The van der Waals surface area contributed by atoms with Gasteiger partial charge < -0.3 is 5.32 Å². The quantitative estimate of drug-likeness (QED) is 0.906. The van der Waals surface area contributed by atoms with E-state index in [1.807, 2.05) is 25.7 Å². The minimum atomic E-state index is 0.829. The summed E-state index contributed by atoms with van der Waals surface area (Å²) in [5.41, 5.74) is 2.07. The number of hydrogen-bond acceptors (Lipinski definition) is 3. The van der Waals surface area contributed by atoms with E-state index in [9.17, 15) is 0 Å². The van der Waals surface area contributed by atoms with Gasteiger partial charge in [0.2, 0.25) is 0 Å². The molecule has 0 bridgehead atoms. The van der Waals surface area contributed by atoms with Crippen LogP contribution in [-0.2, 0) is 13.6 Å². The van der Waals surface area contributed by atoms with Gasteiger partial charge in [-0.3, -0.25) is 9.58 Å². The van der Waals surface area contributed by atoms with Crippen molar-refractivity contribution in [2.75, 3.05) is 26.7 Å². The first kappa shape index (κ1) is 13.8. The van der Waals surface area contributed by atoms with Crippen LogP contribution in [0.4, 0.5) is 0 Å². The molecule has 0 spiro atoms. The van der Waals surface area contributed by atoms with Crippen molar-refractivity contribution in [3.8, 4) is 0 Å². The number of piperidine rings is 1. The highest BCUT2D eigenvalue weighted by Crippen LogP contribution is 2.23. The van der Waals surface area contributed by atoms with Crippen molar-refractivity contribution in [2.24, 2.45) is 13.0 Å². The number of nitrogens with zero attached hydrogens (tertiary/aromatic N) is 3. The smallest absolute Gasteiger partial charge is 0.0860 e. The van der Waals surface area contributed by atoms with E-state index in [0.29, 0.717) is 0 Å². The van der Waals surface area contributed by atoms with Gasteiger partial charge in [-0.15, -0.1) is 0 Å². The molecule has 1 saturated heterocycles. The molecule has 0 atom stereocenters. The standard InChI is InChI=1S/C13H23ClN4/c1-10-13(14)12(17(3)16-10)9-18-6-4-11(5-7-18)8-15-2/h11,15H,4-9H2,1-3H3. The van der Waals surface area contributed by atoms with Crippen molar-refractivity contribution < 1.29 is 0 Å². The van der Waals surface area contributed by atoms with Crippen molar-refractivity contribution in [1.82, 2.24) is 20.0 Å². The van der Waals surface area contributed by atoms with Gasteiger partial charge in [0.15, 0.2) is 0 Å². The topological polar surface area (TPSA) is 33.1 Å². The van der Waals surface area contributed by atoms with E-state index in [-0.39, 0.29) is 0 Å². The molecule has 0 aliphatic carbocycles. The van der Waals surface area contributed by atoms with Gasteiger partial charge in [-0.1, -0.05) is 11.6 Å². The van der Waals surface area contributed by atoms with E-state index >= 15 is 0 Å². The molecule has 0 aromatic carbocycles. The molecular formula is C13H23ClN4. The predicted molar refractivity (Wildman–Crippen MR) is 74.9 cm³/mol. The Balaban J connectivity index is 1.91. The lowest BCUT2D eigenvalue weighted by atomic mass is 9.97. The van der Waals surface area contributed by atoms with Crippen LogP contribution in [0.2, 0.25) is 5.02 Å². The second kappa shape index (κ2) is 6.04. The lowest BCUT2D eigenvalue weighted by Gasteiger charge is -2.31. The number of aromatic nitrogens is 2. The Morgan fingerprint density at radius 2 is 2.06 bits per heavy atom. The maximum Gasteiger partial charge on any atom is 0.0860 e. The number of nitrogens with one attached hydrogen (secondary N) is 1. The highest BCUT2D eigenvalue weighted by molar-refractivity contribution is 6.31. The van der Waals surface area contributed by atoms with Gasteiger partial charge in [-0.05, 0) is 52.4 Å². The summed E-state index contributed by atoms with van der Waals surface area (Å²) in [6.07, 6.45) is 2.55. The van der Waals surface area contributed by atoms with Crippen molar-refractivity contribution >= 4 is 11.6 Å². The van der Waals surface area contributed by atoms with Crippen molar-refractivity contribution in [2.45, 2.75) is 26.3 Å². The Morgan fingerprint density at radius 1 is 1.39 bits per heavy atom. The molecular weight excluding hydrogens is 248 g/mol. The lowest BCUT2D eigenvalue weighted by molar-refractivity contribution is 0.173. The Bertz CT molecular complexity index is 394. The van der Waals surface area contributed by atoms with Crippen LogP contribution in [0.3, 0.4) is 0 Å². The highest BCUT2D eigenvalue weighted by Gasteiger charge is 2.21. The maximum absolute atomic E-state index is 6.29. The third-order valence-corrected chi connectivity index (χ3v) is 4.33. The van der Waals surface area contributed by atoms with Crippen LogP contribution < -0.4 is 5.32 Å². The van der Waals surface area contributed by atoms with Crippen LogP contribution in [0, 0.1) is 12.8 Å². The Morgan fingerprint density at radius 3 is 2.56 bits per heavy atom. The second-order valence-corrected chi connectivity index (χ2v) is 5.62. The fraction of sp³-hybridized carbons (Fsp3) is 0.769. The van der Waals surface area contributed by atoms with Gasteiger partial charge >= 0.3 is 0 Å². The first-order chi connectivity index (χ1) is 8.61. The molecule has 0 unspecified atom stereocenters. The zero-order valence-corrected chi connectivity index (χ0v) is 12.3. The van der Waals surface area contributed by atoms with Gasteiger partial charge in [-0.25, -0.2) is 0 Å². The molecule has 1 N–H and O–H groups in total. The van der Waals surface area contributed by atoms with Gasteiger partial charge in [-0.2, -0.15) is 5.10 Å². The fourth-order valence-corrected chi connectivity index (χ4v) is 2.92. The van der Waals surface area contributed by atoms with E-state index in [2.05, 4.69) is 15.3 Å². The average molecular weight is 271 g/mol. The molecule has 0 saturated carbocycles. The molecule has 18 heavy (non-hydrogen) atoms. The molecule has 1 aromatic rings. The summed E-state index contributed by atoms with van der Waals surface area (Å²) in [6.45, 7) is 6.34. The van der Waals surface area contributed by atoms with E-state index in [1.165, 1.54) is 12.8 Å². The summed E-state index contributed by atoms with van der Waals surface area (Å²) in [5.74, 6) is 0.829. The van der Waals surface area contributed by atoms with E-state index < -0.39 is 0 Å². The number of rotatable bonds is 4. The Labute approximate surface area is 114 Å². The molecule has 0 amide bonds. The molecule has 0 radical (unpaired) electrons. The summed E-state index contributed by atoms with van der Waals surface area (Å²) in [6, 6.07) is 0. The Kier molecular flexibility index (Phi) is 4.65. The molecule has 102 valence electrons. The van der Waals surface area contributed by atoms with Gasteiger partial charge in [0.25, 0.3) is 0 Å². The summed E-state index contributed by atoms with van der Waals surface area (Å²) < 4.78 is 1.91. The third-order valence-electron chi connectivity index (χ3n) is 3.83. The summed E-state index contributed by atoms with van der Waals surface area (Å²) in [5, 5.41) is 8.47. The second-order valence-electron chi connectivity index (χ2n) is 5.25. The summed E-state index contributed by atoms with van der Waals surface area (Å²) in [4.78, 5) is 2.48. The fourth-order valence-electron chi connectivity index (χ4n) is 2.70. The van der Waals surface area contributed by atoms with Gasteiger partial charge in [0, 0.05) is 13.6 Å². The Hall–Kier alpha value is -0.580. The summed E-state index contributed by atoms with van der Waals surface area (Å²) in [7, 11) is 4.01. The van der Waals surface area contributed by atoms with Crippen molar-refractivity contribution in [3.05, 3.63) is 16.4 Å². The molecule has 1 fully saturated rings. The van der Waals surface area contributed by atoms with Crippen LogP contribution in [0.25, 0.3) is 0 Å². The molecule has 5 heteroatoms. The van der Waals surface area contributed by atoms with Crippen LogP contribution in [0.1, 0.15) is 24.2 Å². The van der Waals surface area contributed by atoms with E-state index in [0.717, 1.165) is 48.5 Å². The largest absolute Gasteiger partial charge is 0.319 e. The monoisotopic (exact) mass is 270 g/mol. The number of hydrogen-bond donors (Lipinski definition) is 1. The predicted octanol–water partition coefficient (Wildman–Crippen LogP) is 1.81.